The lowest BCUT2D eigenvalue weighted by molar-refractivity contribution is -0.147. The first-order chi connectivity index (χ1) is 17.1. The Bertz CT molecular complexity index is 1210. The summed E-state index contributed by atoms with van der Waals surface area (Å²) < 4.78 is 17.1. The van der Waals surface area contributed by atoms with Gasteiger partial charge in [0.15, 0.2) is 17.3 Å². The third kappa shape index (κ3) is 5.18. The zero-order valence-corrected chi connectivity index (χ0v) is 21.8. The van der Waals surface area contributed by atoms with Gasteiger partial charge >= 0.3 is 5.97 Å². The van der Waals surface area contributed by atoms with E-state index in [1.165, 1.54) is 5.56 Å². The number of nitrogens with one attached hydrogen (secondary N) is 1. The molecule has 2 aliphatic rings. The normalized spacial score (nSPS) is 20.9. The minimum Gasteiger partial charge on any atom is -0.493 e. The molecule has 6 nitrogen and oxygen atoms in total. The number of carbonyl (C=O) groups excluding carboxylic acids is 2. The number of carbonyl (C=O) groups is 2. The van der Waals surface area contributed by atoms with Crippen LogP contribution in [0.4, 0.5) is 0 Å². The van der Waals surface area contributed by atoms with Gasteiger partial charge in [-0.2, -0.15) is 0 Å². The molecule has 36 heavy (non-hydrogen) atoms. The molecule has 0 bridgehead atoms. The molecular weight excluding hydrogens is 454 g/mol. The molecule has 0 fully saturated rings. The van der Waals surface area contributed by atoms with E-state index in [2.05, 4.69) is 25.7 Å². The van der Waals surface area contributed by atoms with Crippen LogP contribution in [-0.4, -0.2) is 25.5 Å². The van der Waals surface area contributed by atoms with Crippen molar-refractivity contribution >= 4 is 11.8 Å². The van der Waals surface area contributed by atoms with Crippen molar-refractivity contribution in [3.63, 3.8) is 0 Å². The summed E-state index contributed by atoms with van der Waals surface area (Å²) in [4.78, 5) is 26.5. The van der Waals surface area contributed by atoms with E-state index in [9.17, 15) is 9.59 Å². The Kier molecular flexibility index (Phi) is 7.25. The molecule has 1 heterocycles. The fourth-order valence-electron chi connectivity index (χ4n) is 5.16. The molecule has 190 valence electrons. The summed E-state index contributed by atoms with van der Waals surface area (Å²) in [5.74, 6) is -0.471. The summed E-state index contributed by atoms with van der Waals surface area (Å²) in [5, 5.41) is 3.28. The number of hydrogen-bond acceptors (Lipinski definition) is 6. The highest BCUT2D eigenvalue weighted by molar-refractivity contribution is 6.01. The van der Waals surface area contributed by atoms with E-state index in [0.29, 0.717) is 42.2 Å². The predicted octanol–water partition coefficient (Wildman–Crippen LogP) is 5.61. The van der Waals surface area contributed by atoms with Crippen molar-refractivity contribution in [2.24, 2.45) is 11.3 Å². The van der Waals surface area contributed by atoms with Gasteiger partial charge in [-0.1, -0.05) is 56.3 Å². The van der Waals surface area contributed by atoms with E-state index in [0.717, 1.165) is 16.8 Å². The summed E-state index contributed by atoms with van der Waals surface area (Å²) in [5.41, 5.74) is 4.87. The van der Waals surface area contributed by atoms with Crippen LogP contribution in [0, 0.1) is 18.3 Å². The first-order valence-electron chi connectivity index (χ1n) is 12.4. The summed E-state index contributed by atoms with van der Waals surface area (Å²) in [7, 11) is 1.58. The van der Waals surface area contributed by atoms with Gasteiger partial charge in [0.05, 0.1) is 13.7 Å². The number of Topliss-reactive ketones (excluding diaryl/α,β-unsaturated/α-hetero) is 1. The standard InChI is InChI=1S/C30H35NO5/c1-7-35-29(33)26-19(3)31-22-15-30(4,5)16-23(32)28(22)27(26)21-12-13-24(25(14-21)34-6)36-17-20-10-8-18(2)9-11-20/h8-14,26-27,31H,3,7,15-17H2,1-2,4-6H3. The van der Waals surface area contributed by atoms with Gasteiger partial charge in [0.2, 0.25) is 0 Å². The molecule has 6 heteroatoms. The molecule has 2 aromatic carbocycles. The quantitative estimate of drug-likeness (QED) is 0.510. The summed E-state index contributed by atoms with van der Waals surface area (Å²) in [6.07, 6.45) is 1.12. The Morgan fingerprint density at radius 3 is 2.50 bits per heavy atom. The van der Waals surface area contributed by atoms with Crippen LogP contribution in [0.25, 0.3) is 0 Å². The van der Waals surface area contributed by atoms with Gasteiger partial charge in [-0.3, -0.25) is 9.59 Å². The minimum atomic E-state index is -0.724. The molecule has 2 atom stereocenters. The first kappa shape index (κ1) is 25.5. The van der Waals surface area contributed by atoms with Gasteiger partial charge in [0, 0.05) is 29.3 Å². The number of allylic oxidation sites excluding steroid dienone is 2. The molecule has 0 amide bonds. The molecule has 1 aliphatic carbocycles. The van der Waals surface area contributed by atoms with Crippen LogP contribution in [0.15, 0.2) is 66.0 Å². The van der Waals surface area contributed by atoms with Gasteiger partial charge in [-0.05, 0) is 48.9 Å². The highest BCUT2D eigenvalue weighted by Crippen LogP contribution is 2.49. The molecule has 0 aromatic heterocycles. The van der Waals surface area contributed by atoms with Crippen molar-refractivity contribution in [3.05, 3.63) is 82.7 Å². The molecule has 2 unspecified atom stereocenters. The number of hydrogen-bond donors (Lipinski definition) is 1. The molecule has 0 radical (unpaired) electrons. The van der Waals surface area contributed by atoms with E-state index in [1.54, 1.807) is 14.0 Å². The van der Waals surface area contributed by atoms with Crippen LogP contribution < -0.4 is 14.8 Å². The predicted molar refractivity (Wildman–Crippen MR) is 139 cm³/mol. The molecule has 2 aromatic rings. The molecule has 0 saturated carbocycles. The monoisotopic (exact) mass is 489 g/mol. The number of aryl methyl sites for hydroxylation is 1. The largest absolute Gasteiger partial charge is 0.493 e. The van der Waals surface area contributed by atoms with Gasteiger partial charge < -0.3 is 19.5 Å². The second-order valence-electron chi connectivity index (χ2n) is 10.4. The lowest BCUT2D eigenvalue weighted by atomic mass is 9.66. The minimum absolute atomic E-state index is 0.0409. The van der Waals surface area contributed by atoms with Gasteiger partial charge in [-0.15, -0.1) is 0 Å². The number of rotatable bonds is 7. The summed E-state index contributed by atoms with van der Waals surface area (Å²) in [6, 6.07) is 13.8. The Morgan fingerprint density at radius 1 is 1.11 bits per heavy atom. The maximum Gasteiger partial charge on any atom is 0.315 e. The van der Waals surface area contributed by atoms with E-state index < -0.39 is 17.8 Å². The maximum atomic E-state index is 13.4. The topological polar surface area (TPSA) is 73.9 Å². The van der Waals surface area contributed by atoms with Gasteiger partial charge in [0.1, 0.15) is 12.5 Å². The van der Waals surface area contributed by atoms with Crippen molar-refractivity contribution in [1.82, 2.24) is 5.32 Å². The van der Waals surface area contributed by atoms with Crippen LogP contribution in [0.2, 0.25) is 0 Å². The summed E-state index contributed by atoms with van der Waals surface area (Å²) >= 11 is 0. The van der Waals surface area contributed by atoms with Gasteiger partial charge in [0.25, 0.3) is 0 Å². The van der Waals surface area contributed by atoms with Crippen molar-refractivity contribution in [3.8, 4) is 11.5 Å². The third-order valence-electron chi connectivity index (χ3n) is 6.85. The van der Waals surface area contributed by atoms with Crippen LogP contribution >= 0.6 is 0 Å². The number of ketones is 1. The Hall–Kier alpha value is -3.54. The Morgan fingerprint density at radius 2 is 1.83 bits per heavy atom. The fraction of sp³-hybridized carbons (Fsp3) is 0.400. The number of methoxy groups -OCH3 is 1. The van der Waals surface area contributed by atoms with Crippen molar-refractivity contribution in [2.75, 3.05) is 13.7 Å². The fourth-order valence-corrected chi connectivity index (χ4v) is 5.16. The molecule has 1 aliphatic heterocycles. The van der Waals surface area contributed by atoms with E-state index in [1.807, 2.05) is 49.4 Å². The van der Waals surface area contributed by atoms with Crippen molar-refractivity contribution in [1.29, 1.82) is 0 Å². The average Bonchev–Trinajstić information content (AvgIpc) is 2.82. The van der Waals surface area contributed by atoms with Crippen LogP contribution in [-0.2, 0) is 20.9 Å². The second kappa shape index (κ2) is 10.2. The van der Waals surface area contributed by atoms with Gasteiger partial charge in [-0.25, -0.2) is 0 Å². The van der Waals surface area contributed by atoms with E-state index >= 15 is 0 Å². The third-order valence-corrected chi connectivity index (χ3v) is 6.85. The summed E-state index contributed by atoms with van der Waals surface area (Å²) in [6.45, 7) is 12.8. The van der Waals surface area contributed by atoms with Crippen molar-refractivity contribution in [2.45, 2.75) is 53.1 Å². The second-order valence-corrected chi connectivity index (χ2v) is 10.4. The number of ether oxygens (including phenoxy) is 3. The van der Waals surface area contributed by atoms with Crippen molar-refractivity contribution < 1.29 is 23.8 Å². The molecule has 0 saturated heterocycles. The number of esters is 1. The lowest BCUT2D eigenvalue weighted by Gasteiger charge is -2.42. The zero-order valence-electron chi connectivity index (χ0n) is 21.8. The zero-order chi connectivity index (χ0) is 26.0. The molecular formula is C30H35NO5. The molecule has 0 spiro atoms. The van der Waals surface area contributed by atoms with Crippen LogP contribution in [0.3, 0.4) is 0 Å². The van der Waals surface area contributed by atoms with E-state index in [4.69, 9.17) is 14.2 Å². The average molecular weight is 490 g/mol. The Labute approximate surface area is 213 Å². The maximum absolute atomic E-state index is 13.4. The highest BCUT2D eigenvalue weighted by atomic mass is 16.5. The molecule has 4 rings (SSSR count). The Balaban J connectivity index is 1.73. The smallest absolute Gasteiger partial charge is 0.315 e. The van der Waals surface area contributed by atoms with Crippen LogP contribution in [0.1, 0.15) is 56.2 Å². The first-order valence-corrected chi connectivity index (χ1v) is 12.4. The number of benzene rings is 2. The van der Waals surface area contributed by atoms with E-state index in [-0.39, 0.29) is 17.8 Å². The SMILES string of the molecule is C=C1NC2=C(C(=O)CC(C)(C)C2)C(c2ccc(OCc3ccc(C)cc3)c(OC)c2)C1C(=O)OCC. The van der Waals surface area contributed by atoms with Crippen LogP contribution in [0.5, 0.6) is 11.5 Å². The molecule has 1 N–H and O–H groups in total. The highest BCUT2D eigenvalue weighted by Gasteiger charge is 2.46. The lowest BCUT2D eigenvalue weighted by Crippen LogP contribution is -2.43.